The highest BCUT2D eigenvalue weighted by Gasteiger charge is 2.38. The lowest BCUT2D eigenvalue weighted by Gasteiger charge is -2.09. The van der Waals surface area contributed by atoms with E-state index < -0.39 is 23.3 Å². The average Bonchev–Trinajstić information content (AvgIpc) is 2.43. The Hall–Kier alpha value is -1.66. The Morgan fingerprint density at radius 2 is 1.94 bits per heavy atom. The van der Waals surface area contributed by atoms with E-state index >= 15 is 0 Å². The van der Waals surface area contributed by atoms with Crippen molar-refractivity contribution in [2.75, 3.05) is 0 Å². The molecule has 0 aliphatic carbocycles. The van der Waals surface area contributed by atoms with E-state index in [1.165, 1.54) is 0 Å². The summed E-state index contributed by atoms with van der Waals surface area (Å²) in [4.78, 5) is 10.4. The smallest absolute Gasteiger partial charge is 0.283 e. The lowest BCUT2D eigenvalue weighted by molar-refractivity contribution is -0.143. The number of alkyl halides is 3. The van der Waals surface area contributed by atoms with E-state index in [1.54, 1.807) is 0 Å². The normalized spacial score (nSPS) is 10.8. The van der Waals surface area contributed by atoms with Gasteiger partial charge in [-0.1, -0.05) is 17.3 Å². The summed E-state index contributed by atoms with van der Waals surface area (Å²) in [6.07, 6.45) is 5.00. The van der Waals surface area contributed by atoms with Crippen molar-refractivity contribution in [3.8, 4) is 24.7 Å². The van der Waals surface area contributed by atoms with Gasteiger partial charge in [0, 0.05) is 6.42 Å². The first-order valence-electron chi connectivity index (χ1n) is 4.08. The van der Waals surface area contributed by atoms with Crippen molar-refractivity contribution in [1.82, 2.24) is 4.57 Å². The van der Waals surface area contributed by atoms with Gasteiger partial charge in [0.2, 0.25) is 0 Å². The van der Waals surface area contributed by atoms with Crippen LogP contribution in [0.4, 0.5) is 13.2 Å². The number of rotatable bonds is 2. The Labute approximate surface area is 93.7 Å². The van der Waals surface area contributed by atoms with Gasteiger partial charge in [0.25, 0.3) is 0 Å². The minimum atomic E-state index is -4.62. The van der Waals surface area contributed by atoms with Crippen molar-refractivity contribution >= 4 is 11.3 Å². The van der Waals surface area contributed by atoms with Gasteiger partial charge in [-0.05, 0) is 0 Å². The Bertz CT molecular complexity index is 524. The van der Waals surface area contributed by atoms with Crippen molar-refractivity contribution < 1.29 is 13.2 Å². The van der Waals surface area contributed by atoms with E-state index in [4.69, 9.17) is 12.8 Å². The van der Waals surface area contributed by atoms with Gasteiger partial charge < -0.3 is 0 Å². The van der Waals surface area contributed by atoms with E-state index in [2.05, 4.69) is 5.92 Å². The molecule has 0 spiro atoms. The maximum absolute atomic E-state index is 12.7. The molecule has 1 rings (SSSR count). The van der Waals surface area contributed by atoms with Crippen LogP contribution >= 0.6 is 11.3 Å². The standard InChI is InChI=1S/C10H6F3NOS/c1-3-5-7-8(10(11,12)13)14(6-4-2)9(15)16-7/h1-2H,5-6H2. The zero-order chi connectivity index (χ0) is 12.3. The SMILES string of the molecule is C#CCc1sc(=O)n(CC#C)c1C(F)(F)F. The Morgan fingerprint density at radius 3 is 2.38 bits per heavy atom. The first-order valence-corrected chi connectivity index (χ1v) is 4.90. The average molecular weight is 245 g/mol. The molecule has 0 aliphatic heterocycles. The molecule has 0 saturated heterocycles. The van der Waals surface area contributed by atoms with Gasteiger partial charge in [-0.15, -0.1) is 18.8 Å². The van der Waals surface area contributed by atoms with E-state index in [9.17, 15) is 18.0 Å². The third-order valence-corrected chi connectivity index (χ3v) is 2.72. The lowest BCUT2D eigenvalue weighted by Crippen LogP contribution is -2.21. The van der Waals surface area contributed by atoms with Crippen LogP contribution < -0.4 is 4.87 Å². The van der Waals surface area contributed by atoms with E-state index in [-0.39, 0.29) is 11.3 Å². The van der Waals surface area contributed by atoms with Gasteiger partial charge in [0.1, 0.15) is 5.69 Å². The maximum Gasteiger partial charge on any atom is 0.432 e. The molecular formula is C10H6F3NOS. The van der Waals surface area contributed by atoms with E-state index in [1.807, 2.05) is 5.92 Å². The minimum Gasteiger partial charge on any atom is -0.283 e. The third-order valence-electron chi connectivity index (χ3n) is 1.75. The summed E-state index contributed by atoms with van der Waals surface area (Å²) in [6.45, 7) is -0.408. The van der Waals surface area contributed by atoms with Crippen LogP contribution in [0.2, 0.25) is 0 Å². The van der Waals surface area contributed by atoms with Crippen LogP contribution in [0.3, 0.4) is 0 Å². The quantitative estimate of drug-likeness (QED) is 0.727. The number of aromatic nitrogens is 1. The van der Waals surface area contributed by atoms with Crippen LogP contribution in [-0.4, -0.2) is 4.57 Å². The largest absolute Gasteiger partial charge is 0.432 e. The lowest BCUT2D eigenvalue weighted by atomic mass is 10.3. The number of hydrogen-bond donors (Lipinski definition) is 0. The summed E-state index contributed by atoms with van der Waals surface area (Å²) in [7, 11) is 0. The first-order chi connectivity index (χ1) is 7.41. The molecule has 0 radical (unpaired) electrons. The highest BCUT2D eigenvalue weighted by atomic mass is 32.1. The van der Waals surface area contributed by atoms with Gasteiger partial charge in [-0.25, -0.2) is 0 Å². The molecule has 0 aromatic carbocycles. The van der Waals surface area contributed by atoms with Crippen molar-refractivity contribution in [3.05, 3.63) is 20.2 Å². The van der Waals surface area contributed by atoms with Gasteiger partial charge in [-0.3, -0.25) is 9.36 Å². The monoisotopic (exact) mass is 245 g/mol. The second kappa shape index (κ2) is 4.46. The van der Waals surface area contributed by atoms with Crippen molar-refractivity contribution in [2.45, 2.75) is 19.1 Å². The second-order valence-corrected chi connectivity index (χ2v) is 3.85. The summed E-state index contributed by atoms with van der Waals surface area (Å²) in [5.74, 6) is 4.10. The molecular weight excluding hydrogens is 239 g/mol. The molecule has 0 atom stereocenters. The fraction of sp³-hybridized carbons (Fsp3) is 0.300. The van der Waals surface area contributed by atoms with Crippen LogP contribution in [0.25, 0.3) is 0 Å². The van der Waals surface area contributed by atoms with Crippen LogP contribution in [0, 0.1) is 24.7 Å². The molecule has 84 valence electrons. The van der Waals surface area contributed by atoms with Crippen LogP contribution in [0.5, 0.6) is 0 Å². The fourth-order valence-corrected chi connectivity index (χ4v) is 2.16. The Morgan fingerprint density at radius 1 is 1.31 bits per heavy atom. The Kier molecular flexibility index (Phi) is 3.46. The molecule has 0 saturated carbocycles. The fourth-order valence-electron chi connectivity index (χ4n) is 1.21. The number of thiazole rings is 1. The van der Waals surface area contributed by atoms with Crippen LogP contribution in [0.15, 0.2) is 4.79 Å². The Balaban J connectivity index is 3.46. The second-order valence-electron chi connectivity index (χ2n) is 2.81. The molecule has 6 heteroatoms. The predicted octanol–water partition coefficient (Wildman–Crippen LogP) is 1.74. The maximum atomic E-state index is 12.7. The molecule has 0 unspecified atom stereocenters. The topological polar surface area (TPSA) is 22.0 Å². The van der Waals surface area contributed by atoms with E-state index in [0.29, 0.717) is 15.9 Å². The first kappa shape index (κ1) is 12.4. The molecule has 0 fully saturated rings. The molecule has 0 N–H and O–H groups in total. The van der Waals surface area contributed by atoms with Crippen molar-refractivity contribution in [1.29, 1.82) is 0 Å². The molecule has 0 amide bonds. The van der Waals surface area contributed by atoms with Gasteiger partial charge in [-0.2, -0.15) is 13.2 Å². The third kappa shape index (κ3) is 2.29. The number of terminal acetylenes is 2. The van der Waals surface area contributed by atoms with Gasteiger partial charge >= 0.3 is 11.0 Å². The van der Waals surface area contributed by atoms with Crippen LogP contribution in [0.1, 0.15) is 10.6 Å². The summed E-state index contributed by atoms with van der Waals surface area (Å²) in [5, 5.41) is 0. The summed E-state index contributed by atoms with van der Waals surface area (Å²) >= 11 is 0.482. The van der Waals surface area contributed by atoms with Crippen molar-refractivity contribution in [3.63, 3.8) is 0 Å². The predicted molar refractivity (Wildman–Crippen MR) is 55.0 cm³/mol. The molecule has 2 nitrogen and oxygen atoms in total. The molecule has 1 heterocycles. The summed E-state index contributed by atoms with van der Waals surface area (Å²) in [5.41, 5.74) is -1.03. The minimum absolute atomic E-state index is 0.171. The molecule has 1 aromatic rings. The number of nitrogens with zero attached hydrogens (tertiary/aromatic N) is 1. The molecule has 1 aromatic heterocycles. The van der Waals surface area contributed by atoms with Gasteiger partial charge in [0.05, 0.1) is 11.4 Å². The number of halogens is 3. The highest BCUT2D eigenvalue weighted by Crippen LogP contribution is 2.33. The zero-order valence-corrected chi connectivity index (χ0v) is 8.78. The highest BCUT2D eigenvalue weighted by molar-refractivity contribution is 7.09. The van der Waals surface area contributed by atoms with Crippen molar-refractivity contribution in [2.24, 2.45) is 0 Å². The summed E-state index contributed by atoms with van der Waals surface area (Å²) < 4.78 is 38.6. The molecule has 0 bridgehead atoms. The number of hydrogen-bond acceptors (Lipinski definition) is 2. The van der Waals surface area contributed by atoms with E-state index in [0.717, 1.165) is 0 Å². The molecule has 16 heavy (non-hydrogen) atoms. The summed E-state index contributed by atoms with van der Waals surface area (Å²) in [6, 6.07) is 0. The van der Waals surface area contributed by atoms with Crippen LogP contribution in [-0.2, 0) is 19.1 Å². The zero-order valence-electron chi connectivity index (χ0n) is 7.97. The van der Waals surface area contributed by atoms with Gasteiger partial charge in [0.15, 0.2) is 0 Å². The molecule has 0 aliphatic rings.